The van der Waals surface area contributed by atoms with Crippen LogP contribution in [0.4, 0.5) is 0 Å². The lowest BCUT2D eigenvalue weighted by atomic mass is 10.1. The predicted octanol–water partition coefficient (Wildman–Crippen LogP) is 1.83. The maximum absolute atomic E-state index is 12.5. The van der Waals surface area contributed by atoms with E-state index in [4.69, 9.17) is 4.74 Å². The molecule has 1 aromatic heterocycles. The molecule has 0 amide bonds. The first kappa shape index (κ1) is 17.1. The van der Waals surface area contributed by atoms with Crippen LogP contribution in [-0.2, 0) is 28.2 Å². The number of aryl methyl sites for hydroxylation is 2. The molecule has 6 nitrogen and oxygen atoms in total. The van der Waals surface area contributed by atoms with Crippen molar-refractivity contribution < 1.29 is 13.2 Å². The van der Waals surface area contributed by atoms with Crippen LogP contribution in [0.5, 0.6) is 0 Å². The van der Waals surface area contributed by atoms with Crippen molar-refractivity contribution in [3.63, 3.8) is 0 Å². The van der Waals surface area contributed by atoms with Gasteiger partial charge in [-0.1, -0.05) is 30.3 Å². The van der Waals surface area contributed by atoms with Gasteiger partial charge in [0.25, 0.3) is 0 Å². The summed E-state index contributed by atoms with van der Waals surface area (Å²) >= 11 is 0. The van der Waals surface area contributed by atoms with Gasteiger partial charge in [0.1, 0.15) is 4.90 Å². The average Bonchev–Trinajstić information content (AvgIpc) is 3.22. The number of sulfonamides is 1. The van der Waals surface area contributed by atoms with Crippen LogP contribution in [-0.4, -0.2) is 48.3 Å². The number of hydrogen-bond donors (Lipinski definition) is 0. The third-order valence-electron chi connectivity index (χ3n) is 4.23. The molecule has 0 N–H and O–H groups in total. The maximum atomic E-state index is 12.5. The molecule has 2 heterocycles. The molecule has 1 saturated heterocycles. The van der Waals surface area contributed by atoms with E-state index < -0.39 is 10.0 Å². The Morgan fingerprint density at radius 1 is 1.29 bits per heavy atom. The molecule has 0 spiro atoms. The van der Waals surface area contributed by atoms with E-state index in [0.29, 0.717) is 19.7 Å². The molecule has 3 rings (SSSR count). The second-order valence-corrected chi connectivity index (χ2v) is 8.02. The van der Waals surface area contributed by atoms with Crippen LogP contribution >= 0.6 is 0 Å². The van der Waals surface area contributed by atoms with E-state index in [-0.39, 0.29) is 11.0 Å². The largest absolute Gasteiger partial charge is 0.377 e. The van der Waals surface area contributed by atoms with Gasteiger partial charge >= 0.3 is 0 Å². The number of aromatic nitrogens is 2. The first-order valence-electron chi connectivity index (χ1n) is 8.20. The van der Waals surface area contributed by atoms with Crippen molar-refractivity contribution in [2.75, 3.05) is 19.7 Å². The van der Waals surface area contributed by atoms with Crippen LogP contribution in [0.15, 0.2) is 47.6 Å². The molecule has 2 aromatic rings. The van der Waals surface area contributed by atoms with Crippen molar-refractivity contribution in [3.05, 3.63) is 48.3 Å². The minimum Gasteiger partial charge on any atom is -0.377 e. The zero-order valence-electron chi connectivity index (χ0n) is 13.8. The van der Waals surface area contributed by atoms with Gasteiger partial charge in [-0.3, -0.25) is 4.68 Å². The Kier molecular flexibility index (Phi) is 5.33. The predicted molar refractivity (Wildman–Crippen MR) is 91.1 cm³/mol. The zero-order valence-corrected chi connectivity index (χ0v) is 14.7. The van der Waals surface area contributed by atoms with Crippen LogP contribution in [0, 0.1) is 0 Å². The summed E-state index contributed by atoms with van der Waals surface area (Å²) < 4.78 is 33.9. The monoisotopic (exact) mass is 349 g/mol. The van der Waals surface area contributed by atoms with Gasteiger partial charge in [0.2, 0.25) is 10.0 Å². The van der Waals surface area contributed by atoms with E-state index in [2.05, 4.69) is 17.2 Å². The summed E-state index contributed by atoms with van der Waals surface area (Å²) in [5, 5.41) is 3.94. The third kappa shape index (κ3) is 4.03. The van der Waals surface area contributed by atoms with Crippen LogP contribution in [0.25, 0.3) is 0 Å². The quantitative estimate of drug-likeness (QED) is 0.716. The topological polar surface area (TPSA) is 64.4 Å². The lowest BCUT2D eigenvalue weighted by Crippen LogP contribution is -2.30. The Morgan fingerprint density at radius 2 is 2.08 bits per heavy atom. The van der Waals surface area contributed by atoms with Gasteiger partial charge in [0.15, 0.2) is 0 Å². The smallest absolute Gasteiger partial charge is 0.246 e. The lowest BCUT2D eigenvalue weighted by Gasteiger charge is -2.15. The molecule has 24 heavy (non-hydrogen) atoms. The van der Waals surface area contributed by atoms with Crippen molar-refractivity contribution >= 4 is 10.0 Å². The Hall–Kier alpha value is -1.70. The van der Waals surface area contributed by atoms with Gasteiger partial charge < -0.3 is 4.74 Å². The minimum absolute atomic E-state index is 0.0211. The molecular formula is C17H23N3O3S. The SMILES string of the molecule is Cn1cc(S(=O)(=O)N2CC[C@@H](OCCCc3ccccc3)C2)cn1. The maximum Gasteiger partial charge on any atom is 0.246 e. The molecule has 0 unspecified atom stereocenters. The van der Waals surface area contributed by atoms with Crippen LogP contribution in [0.2, 0.25) is 0 Å². The second-order valence-electron chi connectivity index (χ2n) is 6.08. The van der Waals surface area contributed by atoms with Gasteiger partial charge in [-0.15, -0.1) is 0 Å². The lowest BCUT2D eigenvalue weighted by molar-refractivity contribution is 0.0621. The molecule has 7 heteroatoms. The number of benzene rings is 1. The van der Waals surface area contributed by atoms with Gasteiger partial charge in [-0.25, -0.2) is 8.42 Å². The van der Waals surface area contributed by atoms with Crippen molar-refractivity contribution in [3.8, 4) is 0 Å². The summed E-state index contributed by atoms with van der Waals surface area (Å²) in [6, 6.07) is 10.3. The highest BCUT2D eigenvalue weighted by Gasteiger charge is 2.33. The second kappa shape index (κ2) is 7.46. The van der Waals surface area contributed by atoms with Crippen LogP contribution < -0.4 is 0 Å². The fourth-order valence-corrected chi connectivity index (χ4v) is 4.38. The van der Waals surface area contributed by atoms with Crippen LogP contribution in [0.1, 0.15) is 18.4 Å². The summed E-state index contributed by atoms with van der Waals surface area (Å²) in [6.07, 6.45) is 5.56. The Labute approximate surface area is 143 Å². The molecule has 1 aliphatic heterocycles. The van der Waals surface area contributed by atoms with E-state index in [1.165, 1.54) is 26.9 Å². The fourth-order valence-electron chi connectivity index (χ4n) is 2.90. The highest BCUT2D eigenvalue weighted by atomic mass is 32.2. The summed E-state index contributed by atoms with van der Waals surface area (Å²) in [5.41, 5.74) is 1.30. The van der Waals surface area contributed by atoms with E-state index in [1.807, 2.05) is 18.2 Å². The molecular weight excluding hydrogens is 326 g/mol. The molecule has 1 atom stereocenters. The Bertz CT molecular complexity index is 758. The highest BCUT2D eigenvalue weighted by Crippen LogP contribution is 2.22. The Morgan fingerprint density at radius 3 is 2.79 bits per heavy atom. The normalized spacial score (nSPS) is 19.0. The van der Waals surface area contributed by atoms with Crippen molar-refractivity contribution in [1.29, 1.82) is 0 Å². The number of hydrogen-bond acceptors (Lipinski definition) is 4. The minimum atomic E-state index is -3.45. The fraction of sp³-hybridized carbons (Fsp3) is 0.471. The average molecular weight is 349 g/mol. The van der Waals surface area contributed by atoms with E-state index in [9.17, 15) is 8.42 Å². The Balaban J connectivity index is 1.45. The summed E-state index contributed by atoms with van der Waals surface area (Å²) in [6.45, 7) is 1.57. The van der Waals surface area contributed by atoms with E-state index in [1.54, 1.807) is 7.05 Å². The molecule has 0 radical (unpaired) electrons. The van der Waals surface area contributed by atoms with Crippen molar-refractivity contribution in [2.24, 2.45) is 7.05 Å². The standard InChI is InChI=1S/C17H23N3O3S/c1-19-14-17(12-18-19)24(21,22)20-10-9-16(13-20)23-11-5-8-15-6-3-2-4-7-15/h2-4,6-7,12,14,16H,5,8-11,13H2,1H3/t16-/m1/s1. The molecule has 1 fully saturated rings. The third-order valence-corrected chi connectivity index (χ3v) is 6.05. The van der Waals surface area contributed by atoms with Gasteiger partial charge in [-0.2, -0.15) is 9.40 Å². The highest BCUT2D eigenvalue weighted by molar-refractivity contribution is 7.89. The molecule has 1 aromatic carbocycles. The van der Waals surface area contributed by atoms with Crippen LogP contribution in [0.3, 0.4) is 0 Å². The number of rotatable bonds is 7. The summed E-state index contributed by atoms with van der Waals surface area (Å²) in [4.78, 5) is 0.245. The molecule has 0 bridgehead atoms. The number of nitrogens with zero attached hydrogens (tertiary/aromatic N) is 3. The van der Waals surface area contributed by atoms with Gasteiger partial charge in [-0.05, 0) is 24.8 Å². The molecule has 1 aliphatic rings. The summed E-state index contributed by atoms with van der Waals surface area (Å²) in [5.74, 6) is 0. The van der Waals surface area contributed by atoms with E-state index >= 15 is 0 Å². The molecule has 0 aliphatic carbocycles. The molecule has 0 saturated carbocycles. The number of ether oxygens (including phenoxy) is 1. The first-order chi connectivity index (χ1) is 11.6. The molecule has 130 valence electrons. The van der Waals surface area contributed by atoms with E-state index in [0.717, 1.165) is 19.3 Å². The van der Waals surface area contributed by atoms with Crippen molar-refractivity contribution in [2.45, 2.75) is 30.3 Å². The van der Waals surface area contributed by atoms with Gasteiger partial charge in [0, 0.05) is 32.9 Å². The van der Waals surface area contributed by atoms with Crippen molar-refractivity contribution in [1.82, 2.24) is 14.1 Å². The zero-order chi connectivity index (χ0) is 17.0. The van der Waals surface area contributed by atoms with Gasteiger partial charge in [0.05, 0.1) is 12.3 Å². The first-order valence-corrected chi connectivity index (χ1v) is 9.64. The summed E-state index contributed by atoms with van der Waals surface area (Å²) in [7, 11) is -1.74.